The molecule has 0 aromatic heterocycles. The molecule has 16 aromatic carbocycles. The first-order valence-electron chi connectivity index (χ1n) is 35.9. The molecule has 0 radical (unpaired) electrons. The molecule has 4 aliphatic heterocycles. The fourth-order valence-corrected chi connectivity index (χ4v) is 18.0. The zero-order valence-corrected chi connectivity index (χ0v) is 57.9. The molecule has 0 amide bonds. The van der Waals surface area contributed by atoms with Gasteiger partial charge in [-0.1, -0.05) is 278 Å². The summed E-state index contributed by atoms with van der Waals surface area (Å²) in [4.78, 5) is 14.7. The van der Waals surface area contributed by atoms with Crippen LogP contribution in [0.1, 0.15) is 0 Å². The molecule has 0 N–H and O–H groups in total. The molecule has 0 fully saturated rings. The van der Waals surface area contributed by atoms with E-state index in [1.807, 2.05) is 23.9 Å². The van der Waals surface area contributed by atoms with Crippen molar-refractivity contribution in [2.75, 3.05) is 24.5 Å². The van der Waals surface area contributed by atoms with Crippen LogP contribution in [-0.4, -0.2) is 13.4 Å². The lowest BCUT2D eigenvalue weighted by molar-refractivity contribution is 0.629. The van der Waals surface area contributed by atoms with Crippen LogP contribution in [0.2, 0.25) is 0 Å². The second-order valence-corrected chi connectivity index (χ2v) is 28.3. The maximum atomic E-state index is 17.5. The fraction of sp³-hybridized carbons (Fsp3) is 0. The Kier molecular flexibility index (Phi) is 15.2. The van der Waals surface area contributed by atoms with Gasteiger partial charge in [-0.05, 0) is 188 Å². The van der Waals surface area contributed by atoms with Crippen LogP contribution in [0, 0.1) is 5.82 Å². The Morgan fingerprint density at radius 1 is 0.238 bits per heavy atom. The molecule has 16 aromatic rings. The molecule has 4 heterocycles. The average Bonchev–Trinajstić information content (AvgIpc) is 0.683. The molecule has 5 nitrogen and oxygen atoms in total. The lowest BCUT2D eigenvalue weighted by Crippen LogP contribution is -2.64. The van der Waals surface area contributed by atoms with Gasteiger partial charge < -0.3 is 24.5 Å². The molecule has 0 saturated heterocycles. The number of para-hydroxylation sites is 6. The van der Waals surface area contributed by atoms with Gasteiger partial charge in [0.2, 0.25) is 6.71 Å². The lowest BCUT2D eigenvalue weighted by atomic mass is 9.31. The molecule has 492 valence electrons. The van der Waals surface area contributed by atoms with Crippen molar-refractivity contribution in [2.45, 2.75) is 9.79 Å². The van der Waals surface area contributed by atoms with Gasteiger partial charge in [0.05, 0.1) is 11.4 Å². The second-order valence-electron chi connectivity index (χ2n) is 27.2. The first-order chi connectivity index (χ1) is 52.0. The van der Waals surface area contributed by atoms with E-state index in [1.165, 1.54) is 27.4 Å². The Morgan fingerprint density at radius 2 is 0.629 bits per heavy atom. The molecular weight excluding hydrogens is 1300 g/mol. The monoisotopic (exact) mass is 1360 g/mol. The standard InChI is InChI=1S/C96H64B2FN5S/c99-71-57-80(68-34-13-3-14-35-68)96(81(58-71)69-36-15-4-16-37-69)104-88-64-92-85(63-84(88)97-82-48-25-27-50-86(82)102(74-43-21-7-22-44-74)89-59-78(60-90(104)94(89)97)100(72-39-17-5-18-40-72)73-41-19-6-20-42-73)98-83-49-26-28-51-87(83)103(75-45-23-8-24-46-75)91-61-79(62-93(105-92)95(91)98)101(76-54-52-67(53-55-76)65-30-9-1-10-31-65)77-47-29-38-70(56-77)66-32-11-2-12-33-66/h1-64H. The molecule has 0 saturated carbocycles. The third kappa shape index (κ3) is 10.6. The zero-order chi connectivity index (χ0) is 69.5. The van der Waals surface area contributed by atoms with Crippen molar-refractivity contribution < 1.29 is 4.39 Å². The van der Waals surface area contributed by atoms with Gasteiger partial charge in [0, 0.05) is 94.9 Å². The molecule has 105 heavy (non-hydrogen) atoms. The van der Waals surface area contributed by atoms with E-state index in [1.54, 1.807) is 12.1 Å². The quantitative estimate of drug-likeness (QED) is 0.106. The van der Waals surface area contributed by atoms with Gasteiger partial charge in [-0.3, -0.25) is 0 Å². The highest BCUT2D eigenvalue weighted by atomic mass is 32.2. The minimum absolute atomic E-state index is 0.200. The number of hydrogen-bond donors (Lipinski definition) is 0. The summed E-state index contributed by atoms with van der Waals surface area (Å²) in [6, 6.07) is 140. The maximum Gasteiger partial charge on any atom is 0.252 e. The van der Waals surface area contributed by atoms with Gasteiger partial charge in [0.25, 0.3) is 6.71 Å². The van der Waals surface area contributed by atoms with Gasteiger partial charge in [-0.25, -0.2) is 4.39 Å². The van der Waals surface area contributed by atoms with Gasteiger partial charge in [0.1, 0.15) is 5.82 Å². The maximum absolute atomic E-state index is 17.5. The van der Waals surface area contributed by atoms with Crippen LogP contribution in [0.5, 0.6) is 0 Å². The summed E-state index contributed by atoms with van der Waals surface area (Å²) < 4.78 is 17.5. The summed E-state index contributed by atoms with van der Waals surface area (Å²) in [5.74, 6) is -0.316. The van der Waals surface area contributed by atoms with Crippen LogP contribution in [0.25, 0.3) is 44.5 Å². The minimum atomic E-state index is -0.316. The highest BCUT2D eigenvalue weighted by Gasteiger charge is 2.48. The molecule has 0 spiro atoms. The Hall–Kier alpha value is -13.1. The van der Waals surface area contributed by atoms with E-state index in [0.717, 1.165) is 145 Å². The number of hydrogen-bond acceptors (Lipinski definition) is 6. The Bertz CT molecular complexity index is 5880. The number of benzene rings is 16. The average molecular weight is 1360 g/mol. The van der Waals surface area contributed by atoms with Crippen LogP contribution in [-0.2, 0) is 0 Å². The third-order valence-corrected chi connectivity index (χ3v) is 22.4. The van der Waals surface area contributed by atoms with E-state index in [0.29, 0.717) is 0 Å². The van der Waals surface area contributed by atoms with E-state index >= 15 is 4.39 Å². The number of anilines is 15. The first-order valence-corrected chi connectivity index (χ1v) is 36.7. The predicted molar refractivity (Wildman–Crippen MR) is 441 cm³/mol. The van der Waals surface area contributed by atoms with Crippen LogP contribution in [0.15, 0.2) is 398 Å². The SMILES string of the molecule is Fc1cc(-c2ccccc2)c(N2c3cc4c(cc3B3c5ccccc5N(c5ccccc5)c5cc(N(c6ccccc6)c6ccccc6)cc2c53)B2c3ccccc3N(c3ccccc3)c3cc(N(c5ccc(-c6ccccc6)cc5)c5cccc(-c6ccccc6)c5)cc(c32)S4)c(-c2ccccc2)c1. The lowest BCUT2D eigenvalue weighted by Gasteiger charge is -2.46. The number of nitrogens with zero attached hydrogens (tertiary/aromatic N) is 5. The predicted octanol–water partition coefficient (Wildman–Crippen LogP) is 22.3. The summed E-state index contributed by atoms with van der Waals surface area (Å²) in [6.07, 6.45) is 0. The first kappa shape index (κ1) is 61.8. The van der Waals surface area contributed by atoms with Crippen molar-refractivity contribution in [3.63, 3.8) is 0 Å². The Labute approximate surface area is 616 Å². The van der Waals surface area contributed by atoms with Crippen LogP contribution < -0.4 is 57.3 Å². The largest absolute Gasteiger partial charge is 0.311 e. The molecule has 0 bridgehead atoms. The normalized spacial score (nSPS) is 12.7. The van der Waals surface area contributed by atoms with Gasteiger partial charge >= 0.3 is 0 Å². The highest BCUT2D eigenvalue weighted by Crippen LogP contribution is 2.55. The van der Waals surface area contributed by atoms with Gasteiger partial charge in [-0.15, -0.1) is 0 Å². The smallest absolute Gasteiger partial charge is 0.252 e. The highest BCUT2D eigenvalue weighted by molar-refractivity contribution is 8.00. The van der Waals surface area contributed by atoms with Crippen molar-refractivity contribution in [3.05, 3.63) is 394 Å². The molecule has 0 aliphatic carbocycles. The summed E-state index contributed by atoms with van der Waals surface area (Å²) in [6.45, 7) is -0.477. The number of fused-ring (bicyclic) bond motifs is 8. The molecule has 20 rings (SSSR count). The molecule has 0 unspecified atom stereocenters. The molecular formula is C96H64B2FN5S. The summed E-state index contributed by atoms with van der Waals surface area (Å²) in [5, 5.41) is 0. The fourth-order valence-electron chi connectivity index (χ4n) is 16.8. The van der Waals surface area contributed by atoms with Crippen molar-refractivity contribution in [1.29, 1.82) is 0 Å². The number of rotatable bonds is 13. The van der Waals surface area contributed by atoms with Crippen molar-refractivity contribution in [3.8, 4) is 44.5 Å². The van der Waals surface area contributed by atoms with Crippen LogP contribution in [0.3, 0.4) is 0 Å². The Balaban J connectivity index is 0.891. The number of halogens is 1. The summed E-state index contributed by atoms with van der Waals surface area (Å²) in [7, 11) is 0. The molecule has 4 aliphatic rings. The second kappa shape index (κ2) is 25.8. The third-order valence-electron chi connectivity index (χ3n) is 21.2. The summed E-state index contributed by atoms with van der Waals surface area (Å²) in [5.41, 5.74) is 30.7. The van der Waals surface area contributed by atoms with Crippen molar-refractivity contribution in [1.82, 2.24) is 0 Å². The molecule has 9 heteroatoms. The van der Waals surface area contributed by atoms with Crippen molar-refractivity contribution >= 4 is 143 Å². The van der Waals surface area contributed by atoms with Crippen molar-refractivity contribution in [2.24, 2.45) is 0 Å². The summed E-state index contributed by atoms with van der Waals surface area (Å²) >= 11 is 1.85. The van der Waals surface area contributed by atoms with Gasteiger partial charge in [-0.2, -0.15) is 0 Å². The van der Waals surface area contributed by atoms with E-state index in [2.05, 4.69) is 388 Å². The van der Waals surface area contributed by atoms with Crippen LogP contribution in [0.4, 0.5) is 89.7 Å². The van der Waals surface area contributed by atoms with E-state index in [9.17, 15) is 0 Å². The van der Waals surface area contributed by atoms with E-state index in [-0.39, 0.29) is 19.2 Å². The minimum Gasteiger partial charge on any atom is -0.311 e. The van der Waals surface area contributed by atoms with Gasteiger partial charge in [0.15, 0.2) is 0 Å². The molecule has 0 atom stereocenters. The van der Waals surface area contributed by atoms with E-state index in [4.69, 9.17) is 0 Å². The topological polar surface area (TPSA) is 16.2 Å². The van der Waals surface area contributed by atoms with Crippen LogP contribution >= 0.6 is 11.8 Å². The Morgan fingerprint density at radius 3 is 1.16 bits per heavy atom. The zero-order valence-electron chi connectivity index (χ0n) is 57.1. The van der Waals surface area contributed by atoms with E-state index < -0.39 is 0 Å².